The van der Waals surface area contributed by atoms with Crippen LogP contribution in [0.5, 0.6) is 11.5 Å². The Morgan fingerprint density at radius 2 is 1.85 bits per heavy atom. The molecule has 8 heteroatoms. The number of rotatable bonds is 5. The lowest BCUT2D eigenvalue weighted by Gasteiger charge is -2.16. The number of H-pyrrole nitrogens is 1. The first-order valence-corrected chi connectivity index (χ1v) is 8.22. The first kappa shape index (κ1) is 18.2. The van der Waals surface area contributed by atoms with E-state index in [-0.39, 0.29) is 0 Å². The van der Waals surface area contributed by atoms with Crippen molar-refractivity contribution < 1.29 is 14.3 Å². The number of hydrogen-bond donors (Lipinski definition) is 2. The van der Waals surface area contributed by atoms with Gasteiger partial charge in [-0.05, 0) is 31.2 Å². The number of amides is 1. The van der Waals surface area contributed by atoms with Crippen LogP contribution in [0.15, 0.2) is 52.1 Å². The zero-order valence-electron chi connectivity index (χ0n) is 15.1. The molecule has 0 spiro atoms. The van der Waals surface area contributed by atoms with Crippen molar-refractivity contribution in [3.8, 4) is 11.5 Å². The van der Waals surface area contributed by atoms with Gasteiger partial charge in [-0.15, -0.1) is 0 Å². The number of ether oxygens (including phenoxy) is 2. The van der Waals surface area contributed by atoms with Gasteiger partial charge in [0.15, 0.2) is 0 Å². The van der Waals surface area contributed by atoms with Gasteiger partial charge in [-0.1, -0.05) is 12.1 Å². The summed E-state index contributed by atoms with van der Waals surface area (Å²) in [5.41, 5.74) is -0.390. The second kappa shape index (κ2) is 7.36. The van der Waals surface area contributed by atoms with E-state index in [0.717, 1.165) is 4.57 Å². The van der Waals surface area contributed by atoms with E-state index in [2.05, 4.69) is 10.3 Å². The van der Waals surface area contributed by atoms with E-state index in [1.165, 1.54) is 21.1 Å². The van der Waals surface area contributed by atoms with Crippen LogP contribution in [-0.2, 0) is 4.79 Å². The molecule has 1 atom stereocenters. The summed E-state index contributed by atoms with van der Waals surface area (Å²) in [4.78, 5) is 40.4. The molecule has 3 aromatic rings. The smallest absolute Gasteiger partial charge is 0.329 e. The zero-order valence-corrected chi connectivity index (χ0v) is 15.1. The van der Waals surface area contributed by atoms with Gasteiger partial charge >= 0.3 is 5.69 Å². The monoisotopic (exact) mass is 369 g/mol. The fraction of sp³-hybridized carbons (Fsp3) is 0.211. The predicted octanol–water partition coefficient (Wildman–Crippen LogP) is 1.91. The van der Waals surface area contributed by atoms with E-state index in [0.29, 0.717) is 28.1 Å². The Hall–Kier alpha value is -3.55. The summed E-state index contributed by atoms with van der Waals surface area (Å²) < 4.78 is 11.3. The Labute approximate surface area is 154 Å². The average molecular weight is 369 g/mol. The van der Waals surface area contributed by atoms with Crippen LogP contribution in [0, 0.1) is 0 Å². The summed E-state index contributed by atoms with van der Waals surface area (Å²) >= 11 is 0. The molecule has 27 heavy (non-hydrogen) atoms. The van der Waals surface area contributed by atoms with Gasteiger partial charge in [-0.3, -0.25) is 9.59 Å². The van der Waals surface area contributed by atoms with Gasteiger partial charge in [0.1, 0.15) is 17.5 Å². The molecule has 0 unspecified atom stereocenters. The molecule has 0 radical (unpaired) electrons. The maximum Gasteiger partial charge on any atom is 0.329 e. The maximum absolute atomic E-state index is 12.7. The quantitative estimate of drug-likeness (QED) is 0.715. The molecule has 140 valence electrons. The molecule has 1 heterocycles. The molecule has 0 bridgehead atoms. The molecular weight excluding hydrogens is 350 g/mol. The maximum atomic E-state index is 12.7. The van der Waals surface area contributed by atoms with Gasteiger partial charge in [-0.25, -0.2) is 9.36 Å². The van der Waals surface area contributed by atoms with E-state index >= 15 is 0 Å². The number of aromatic amines is 1. The second-order valence-corrected chi connectivity index (χ2v) is 5.88. The zero-order chi connectivity index (χ0) is 19.6. The van der Waals surface area contributed by atoms with Gasteiger partial charge in [0.05, 0.1) is 30.8 Å². The molecule has 0 saturated carbocycles. The van der Waals surface area contributed by atoms with Crippen LogP contribution in [0.1, 0.15) is 13.0 Å². The number of fused-ring (bicyclic) bond motifs is 1. The van der Waals surface area contributed by atoms with Crippen LogP contribution in [0.25, 0.3) is 10.9 Å². The van der Waals surface area contributed by atoms with E-state index in [4.69, 9.17) is 9.47 Å². The van der Waals surface area contributed by atoms with Crippen molar-refractivity contribution in [1.29, 1.82) is 0 Å². The average Bonchev–Trinajstić information content (AvgIpc) is 2.67. The number of nitrogens with one attached hydrogen (secondary N) is 2. The van der Waals surface area contributed by atoms with E-state index in [1.807, 2.05) is 0 Å². The minimum Gasteiger partial charge on any atom is -0.497 e. The highest BCUT2D eigenvalue weighted by atomic mass is 16.5. The number of nitrogens with zero attached hydrogens (tertiary/aromatic N) is 1. The molecular formula is C19H19N3O5. The molecule has 2 N–H and O–H groups in total. The second-order valence-electron chi connectivity index (χ2n) is 5.88. The van der Waals surface area contributed by atoms with Gasteiger partial charge < -0.3 is 19.8 Å². The Balaban J connectivity index is 1.99. The Kier molecular flexibility index (Phi) is 4.98. The summed E-state index contributed by atoms with van der Waals surface area (Å²) in [6.07, 6.45) is 0. The van der Waals surface area contributed by atoms with Crippen molar-refractivity contribution in [3.63, 3.8) is 0 Å². The predicted molar refractivity (Wildman–Crippen MR) is 102 cm³/mol. The molecule has 0 aliphatic heterocycles. The lowest BCUT2D eigenvalue weighted by molar-refractivity contribution is -0.119. The third-order valence-corrected chi connectivity index (χ3v) is 4.27. The highest BCUT2D eigenvalue weighted by Gasteiger charge is 2.21. The molecule has 2 aromatic carbocycles. The molecule has 0 fully saturated rings. The highest BCUT2D eigenvalue weighted by molar-refractivity contribution is 5.95. The first-order chi connectivity index (χ1) is 13.0. The van der Waals surface area contributed by atoms with E-state index < -0.39 is 23.2 Å². The molecule has 0 aliphatic rings. The molecule has 3 rings (SSSR count). The summed E-state index contributed by atoms with van der Waals surface area (Å²) in [7, 11) is 2.98. The van der Waals surface area contributed by atoms with Crippen molar-refractivity contribution in [2.24, 2.45) is 0 Å². The Bertz CT molecular complexity index is 1120. The number of carbonyl (C=O) groups is 1. The van der Waals surface area contributed by atoms with E-state index in [1.54, 1.807) is 42.5 Å². The fourth-order valence-corrected chi connectivity index (χ4v) is 2.79. The molecule has 0 aliphatic carbocycles. The summed E-state index contributed by atoms with van der Waals surface area (Å²) in [6, 6.07) is 10.5. The third-order valence-electron chi connectivity index (χ3n) is 4.27. The van der Waals surface area contributed by atoms with Gasteiger partial charge in [-0.2, -0.15) is 0 Å². The van der Waals surface area contributed by atoms with Crippen LogP contribution < -0.4 is 26.0 Å². The van der Waals surface area contributed by atoms with Gasteiger partial charge in [0, 0.05) is 6.07 Å². The Morgan fingerprint density at radius 3 is 2.56 bits per heavy atom. The third kappa shape index (κ3) is 3.41. The van der Waals surface area contributed by atoms with Crippen LogP contribution in [0.2, 0.25) is 0 Å². The summed E-state index contributed by atoms with van der Waals surface area (Å²) in [5, 5.41) is 3.01. The number of methoxy groups -OCH3 is 2. The van der Waals surface area contributed by atoms with Crippen LogP contribution in [0.4, 0.5) is 5.69 Å². The van der Waals surface area contributed by atoms with Crippen molar-refractivity contribution in [1.82, 2.24) is 9.55 Å². The van der Waals surface area contributed by atoms with Crippen LogP contribution in [-0.4, -0.2) is 29.7 Å². The Morgan fingerprint density at radius 1 is 1.11 bits per heavy atom. The summed E-state index contributed by atoms with van der Waals surface area (Å²) in [6.45, 7) is 1.48. The minimum absolute atomic E-state index is 0.329. The number of benzene rings is 2. The van der Waals surface area contributed by atoms with Crippen molar-refractivity contribution >= 4 is 22.5 Å². The number of anilines is 1. The number of carbonyl (C=O) groups excluding carboxylic acids is 1. The first-order valence-electron chi connectivity index (χ1n) is 8.22. The normalized spacial score (nSPS) is 11.8. The topological polar surface area (TPSA) is 102 Å². The van der Waals surface area contributed by atoms with Gasteiger partial charge in [0.25, 0.3) is 5.56 Å². The van der Waals surface area contributed by atoms with Crippen molar-refractivity contribution in [2.45, 2.75) is 13.0 Å². The standard InChI is InChI=1S/C19H19N3O5/c1-11(17(23)20-15-10-12(26-2)8-9-16(15)27-3)22-18(24)13-6-4-5-7-14(13)21-19(22)25/h4-11H,1-3H3,(H,20,23)(H,21,25)/t11-/m0/s1. The number of hydrogen-bond acceptors (Lipinski definition) is 5. The lowest BCUT2D eigenvalue weighted by Crippen LogP contribution is -2.41. The van der Waals surface area contributed by atoms with Crippen molar-refractivity contribution in [3.05, 3.63) is 63.3 Å². The highest BCUT2D eigenvalue weighted by Crippen LogP contribution is 2.29. The lowest BCUT2D eigenvalue weighted by atomic mass is 10.2. The van der Waals surface area contributed by atoms with Crippen molar-refractivity contribution in [2.75, 3.05) is 19.5 Å². The molecule has 1 aromatic heterocycles. The van der Waals surface area contributed by atoms with Gasteiger partial charge in [0.2, 0.25) is 5.91 Å². The largest absolute Gasteiger partial charge is 0.497 e. The minimum atomic E-state index is -1.04. The molecule has 0 saturated heterocycles. The number of para-hydroxylation sites is 1. The van der Waals surface area contributed by atoms with Crippen LogP contribution in [0.3, 0.4) is 0 Å². The SMILES string of the molecule is COc1ccc(OC)c(NC(=O)[C@H](C)n2c(=O)[nH]c3ccccc3c2=O)c1. The molecule has 1 amide bonds. The van der Waals surface area contributed by atoms with E-state index in [9.17, 15) is 14.4 Å². The fourth-order valence-electron chi connectivity index (χ4n) is 2.79. The number of aromatic nitrogens is 2. The van der Waals surface area contributed by atoms with Crippen LogP contribution >= 0.6 is 0 Å². The summed E-state index contributed by atoms with van der Waals surface area (Å²) in [5.74, 6) is 0.417. The molecule has 8 nitrogen and oxygen atoms in total.